The zero-order chi connectivity index (χ0) is 14.5. The number of hydrogen-bond donors (Lipinski definition) is 1. The van der Waals surface area contributed by atoms with Crippen LogP contribution >= 0.6 is 15.9 Å². The fourth-order valence-corrected chi connectivity index (χ4v) is 2.04. The molecule has 5 nitrogen and oxygen atoms in total. The summed E-state index contributed by atoms with van der Waals surface area (Å²) in [6, 6.07) is 7.16. The highest BCUT2D eigenvalue weighted by Gasteiger charge is 2.28. The summed E-state index contributed by atoms with van der Waals surface area (Å²) < 4.78 is 10.8. The quantitative estimate of drug-likeness (QED) is 0.676. The monoisotopic (exact) mass is 339 g/mol. The van der Waals surface area contributed by atoms with Crippen molar-refractivity contribution in [3.05, 3.63) is 40.9 Å². The molecule has 0 aliphatic carbocycles. The lowest BCUT2D eigenvalue weighted by molar-refractivity contribution is -0.135. The van der Waals surface area contributed by atoms with Gasteiger partial charge < -0.3 is 9.47 Å². The van der Waals surface area contributed by atoms with E-state index in [0.717, 1.165) is 4.47 Å². The number of carbonyl (C=O) groups excluding carboxylic acids is 2. The van der Waals surface area contributed by atoms with Gasteiger partial charge in [-0.3, -0.25) is 5.32 Å². The predicted molar refractivity (Wildman–Crippen MR) is 77.3 cm³/mol. The van der Waals surface area contributed by atoms with E-state index >= 15 is 0 Å². The molecule has 0 saturated carbocycles. The van der Waals surface area contributed by atoms with Crippen molar-refractivity contribution >= 4 is 33.7 Å². The second-order valence-electron chi connectivity index (χ2n) is 4.38. The molecule has 20 heavy (non-hydrogen) atoms. The zero-order valence-electron chi connectivity index (χ0n) is 10.7. The molecule has 1 fully saturated rings. The molecule has 1 amide bonds. The number of ether oxygens (including phenoxy) is 2. The van der Waals surface area contributed by atoms with E-state index in [2.05, 4.69) is 27.8 Å². The number of halogens is 1. The maximum atomic E-state index is 11.6. The van der Waals surface area contributed by atoms with Gasteiger partial charge in [0.25, 0.3) is 0 Å². The van der Waals surface area contributed by atoms with Crippen LogP contribution in [0.2, 0.25) is 0 Å². The summed E-state index contributed by atoms with van der Waals surface area (Å²) in [6.45, 7) is 4.18. The van der Waals surface area contributed by atoms with Gasteiger partial charge >= 0.3 is 12.1 Å². The van der Waals surface area contributed by atoms with Crippen molar-refractivity contribution in [1.82, 2.24) is 0 Å². The fourth-order valence-electron chi connectivity index (χ4n) is 1.77. The maximum Gasteiger partial charge on any atom is 0.411 e. The number of carbonyl (C=O) groups is 2. The first-order valence-corrected chi connectivity index (χ1v) is 6.91. The van der Waals surface area contributed by atoms with E-state index in [1.807, 2.05) is 12.1 Å². The van der Waals surface area contributed by atoms with Crippen LogP contribution in [0, 0.1) is 5.92 Å². The molecule has 0 radical (unpaired) electrons. The standard InChI is InChI=1S/C14H14BrNO4/c1-9-10(8-20-13(9)17)6-7-19-14(18)16-12-4-2-11(15)3-5-12/h2-5,10H,1,6-8H2,(H,16,18)/t10-/m1/s1. The summed E-state index contributed by atoms with van der Waals surface area (Å²) in [5.74, 6) is -0.433. The molecule has 1 aromatic rings. The molecule has 0 spiro atoms. The Morgan fingerprint density at radius 1 is 1.45 bits per heavy atom. The van der Waals surface area contributed by atoms with Gasteiger partial charge in [0, 0.05) is 21.7 Å². The van der Waals surface area contributed by atoms with Gasteiger partial charge in [-0.1, -0.05) is 22.5 Å². The minimum absolute atomic E-state index is 0.0667. The van der Waals surface area contributed by atoms with Crippen LogP contribution in [0.25, 0.3) is 0 Å². The average molecular weight is 340 g/mol. The van der Waals surface area contributed by atoms with Crippen LogP contribution in [0.3, 0.4) is 0 Å². The summed E-state index contributed by atoms with van der Waals surface area (Å²) >= 11 is 3.31. The first kappa shape index (κ1) is 14.6. The first-order chi connectivity index (χ1) is 9.56. The zero-order valence-corrected chi connectivity index (χ0v) is 12.3. The normalized spacial score (nSPS) is 17.8. The van der Waals surface area contributed by atoms with Gasteiger partial charge in [0.2, 0.25) is 0 Å². The Labute approximate surface area is 125 Å². The van der Waals surface area contributed by atoms with E-state index in [4.69, 9.17) is 9.47 Å². The van der Waals surface area contributed by atoms with Gasteiger partial charge in [-0.25, -0.2) is 9.59 Å². The summed E-state index contributed by atoms with van der Waals surface area (Å²) in [5.41, 5.74) is 1.10. The third-order valence-electron chi connectivity index (χ3n) is 2.96. The third-order valence-corrected chi connectivity index (χ3v) is 3.49. The lowest BCUT2D eigenvalue weighted by Gasteiger charge is -2.09. The molecule has 0 aromatic heterocycles. The predicted octanol–water partition coefficient (Wildman–Crippen LogP) is 3.12. The summed E-state index contributed by atoms with van der Waals surface area (Å²) in [5, 5.41) is 2.61. The van der Waals surface area contributed by atoms with Crippen molar-refractivity contribution in [1.29, 1.82) is 0 Å². The molecule has 106 valence electrons. The Bertz CT molecular complexity index is 526. The molecule has 1 saturated heterocycles. The highest BCUT2D eigenvalue weighted by atomic mass is 79.9. The summed E-state index contributed by atoms with van der Waals surface area (Å²) in [4.78, 5) is 22.7. The first-order valence-electron chi connectivity index (χ1n) is 6.11. The van der Waals surface area contributed by atoms with Crippen molar-refractivity contribution in [3.8, 4) is 0 Å². The molecule has 1 aromatic carbocycles. The SMILES string of the molecule is C=C1C(=O)OC[C@H]1CCOC(=O)Nc1ccc(Br)cc1. The number of benzene rings is 1. The molecule has 0 unspecified atom stereocenters. The molecule has 1 atom stereocenters. The molecule has 1 aliphatic rings. The van der Waals surface area contributed by atoms with Crippen LogP contribution in [0.1, 0.15) is 6.42 Å². The molecular weight excluding hydrogens is 326 g/mol. The van der Waals surface area contributed by atoms with E-state index in [-0.39, 0.29) is 18.5 Å². The Kier molecular flexibility index (Phi) is 4.79. The van der Waals surface area contributed by atoms with Gasteiger partial charge in [-0.05, 0) is 30.7 Å². The van der Waals surface area contributed by atoms with E-state index in [1.54, 1.807) is 12.1 Å². The molecule has 1 aliphatic heterocycles. The van der Waals surface area contributed by atoms with Crippen molar-refractivity contribution in [2.75, 3.05) is 18.5 Å². The van der Waals surface area contributed by atoms with Crippen molar-refractivity contribution in [3.63, 3.8) is 0 Å². The molecule has 0 bridgehead atoms. The molecular formula is C14H14BrNO4. The van der Waals surface area contributed by atoms with Crippen LogP contribution < -0.4 is 5.32 Å². The van der Waals surface area contributed by atoms with E-state index in [0.29, 0.717) is 24.3 Å². The van der Waals surface area contributed by atoms with Gasteiger partial charge in [-0.2, -0.15) is 0 Å². The van der Waals surface area contributed by atoms with E-state index in [9.17, 15) is 9.59 Å². The minimum atomic E-state index is -0.525. The largest absolute Gasteiger partial charge is 0.462 e. The Hall–Kier alpha value is -1.82. The number of cyclic esters (lactones) is 1. The lowest BCUT2D eigenvalue weighted by atomic mass is 10.0. The van der Waals surface area contributed by atoms with Crippen LogP contribution in [0.15, 0.2) is 40.9 Å². The fraction of sp³-hybridized carbons (Fsp3) is 0.286. The van der Waals surface area contributed by atoms with E-state index < -0.39 is 6.09 Å². The van der Waals surface area contributed by atoms with E-state index in [1.165, 1.54) is 0 Å². The van der Waals surface area contributed by atoms with Crippen LogP contribution in [0.4, 0.5) is 10.5 Å². The minimum Gasteiger partial charge on any atom is -0.462 e. The molecule has 6 heteroatoms. The van der Waals surface area contributed by atoms with Crippen molar-refractivity contribution in [2.45, 2.75) is 6.42 Å². The number of amides is 1. The number of esters is 1. The number of hydrogen-bond acceptors (Lipinski definition) is 4. The van der Waals surface area contributed by atoms with Gasteiger partial charge in [0.05, 0.1) is 13.2 Å². The number of rotatable bonds is 4. The van der Waals surface area contributed by atoms with Crippen LogP contribution in [0.5, 0.6) is 0 Å². The van der Waals surface area contributed by atoms with Gasteiger partial charge in [0.15, 0.2) is 0 Å². The maximum absolute atomic E-state index is 11.6. The summed E-state index contributed by atoms with van der Waals surface area (Å²) in [6.07, 6.45) is 0.00129. The smallest absolute Gasteiger partial charge is 0.411 e. The Morgan fingerprint density at radius 2 is 2.15 bits per heavy atom. The van der Waals surface area contributed by atoms with Gasteiger partial charge in [-0.15, -0.1) is 0 Å². The Balaban J connectivity index is 1.71. The lowest BCUT2D eigenvalue weighted by Crippen LogP contribution is -2.16. The van der Waals surface area contributed by atoms with Gasteiger partial charge in [0.1, 0.15) is 0 Å². The van der Waals surface area contributed by atoms with Crippen LogP contribution in [-0.2, 0) is 14.3 Å². The molecule has 1 N–H and O–H groups in total. The third kappa shape index (κ3) is 3.84. The second kappa shape index (κ2) is 6.56. The highest BCUT2D eigenvalue weighted by molar-refractivity contribution is 9.10. The molecule has 1 heterocycles. The summed E-state index contributed by atoms with van der Waals surface area (Å²) in [7, 11) is 0. The second-order valence-corrected chi connectivity index (χ2v) is 5.29. The highest BCUT2D eigenvalue weighted by Crippen LogP contribution is 2.22. The topological polar surface area (TPSA) is 64.6 Å². The van der Waals surface area contributed by atoms with Crippen molar-refractivity contribution in [2.24, 2.45) is 5.92 Å². The molecule has 2 rings (SSSR count). The number of nitrogens with one attached hydrogen (secondary N) is 1. The Morgan fingerprint density at radius 3 is 2.75 bits per heavy atom. The van der Waals surface area contributed by atoms with Crippen molar-refractivity contribution < 1.29 is 19.1 Å². The van der Waals surface area contributed by atoms with Crippen LogP contribution in [-0.4, -0.2) is 25.3 Å². The average Bonchev–Trinajstić information content (AvgIpc) is 2.73. The number of anilines is 1.